The molecule has 9 rings (SSSR count). The zero-order chi connectivity index (χ0) is 31.6. The summed E-state index contributed by atoms with van der Waals surface area (Å²) in [7, 11) is 0. The minimum absolute atomic E-state index is 0.0577. The molecule has 0 unspecified atom stereocenters. The van der Waals surface area contributed by atoms with Crippen molar-refractivity contribution in [3.8, 4) is 28.7 Å². The summed E-state index contributed by atoms with van der Waals surface area (Å²) in [6.45, 7) is -0.0577. The van der Waals surface area contributed by atoms with Crippen molar-refractivity contribution in [1.82, 2.24) is 19.9 Å². The maximum atomic E-state index is 10.9. The molecule has 5 aromatic rings. The summed E-state index contributed by atoms with van der Waals surface area (Å²) >= 11 is 0. The highest BCUT2D eigenvalue weighted by Gasteiger charge is 2.51. The van der Waals surface area contributed by atoms with Crippen molar-refractivity contribution in [2.24, 2.45) is 0 Å². The predicted molar refractivity (Wildman–Crippen MR) is 174 cm³/mol. The molecule has 0 fully saturated rings. The van der Waals surface area contributed by atoms with Gasteiger partial charge in [0.15, 0.2) is 23.0 Å². The van der Waals surface area contributed by atoms with Gasteiger partial charge in [-0.15, -0.1) is 0 Å². The standard InChI is InChI=1S/C20H14N4.C16H14O6/c1-2-14-10-16-5-6-18(23-16)12-20-8-7-19(24-20)11-17-4-3-15(22-17)9-13(1)21-14;17-10-2-1-8-13-9-4-12(19)11(18)3-7(9)5-16(13,21)6-22-15(8)14(10)20/h1-12,21,24H;1-4,13,17-21H,5-6H2/t;13-,16+/m.1/s1. The van der Waals surface area contributed by atoms with Crippen LogP contribution in [0.25, 0.3) is 46.4 Å². The molecule has 4 aliphatic rings. The average Bonchev–Trinajstić information content (AvgIpc) is 3.86. The van der Waals surface area contributed by atoms with E-state index in [1.165, 1.54) is 18.2 Å². The Morgan fingerprint density at radius 2 is 1.11 bits per heavy atom. The summed E-state index contributed by atoms with van der Waals surface area (Å²) in [6.07, 6.45) is 8.36. The van der Waals surface area contributed by atoms with Crippen molar-refractivity contribution < 1.29 is 30.3 Å². The lowest BCUT2D eigenvalue weighted by Crippen LogP contribution is -2.43. The Morgan fingerprint density at radius 1 is 0.609 bits per heavy atom. The number of H-pyrrole nitrogens is 2. The van der Waals surface area contributed by atoms with Crippen molar-refractivity contribution in [1.29, 1.82) is 0 Å². The van der Waals surface area contributed by atoms with E-state index in [9.17, 15) is 25.5 Å². The molecule has 3 aromatic heterocycles. The lowest BCUT2D eigenvalue weighted by Gasteiger charge is -2.36. The molecule has 228 valence electrons. The van der Waals surface area contributed by atoms with Gasteiger partial charge in [0.1, 0.15) is 12.2 Å². The third-order valence-corrected chi connectivity index (χ3v) is 8.54. The number of hydrogen-bond acceptors (Lipinski definition) is 8. The summed E-state index contributed by atoms with van der Waals surface area (Å²) < 4.78 is 5.46. The first-order valence-electron chi connectivity index (χ1n) is 14.7. The number of rotatable bonds is 0. The molecule has 0 radical (unpaired) electrons. The maximum Gasteiger partial charge on any atom is 0.200 e. The molecule has 7 N–H and O–H groups in total. The summed E-state index contributed by atoms with van der Waals surface area (Å²) in [5.41, 5.74) is 8.56. The number of nitrogens with zero attached hydrogens (tertiary/aromatic N) is 2. The van der Waals surface area contributed by atoms with Crippen LogP contribution in [0, 0.1) is 0 Å². The number of ether oxygens (including phenoxy) is 1. The first-order chi connectivity index (χ1) is 22.2. The molecular weight excluding hydrogens is 584 g/mol. The van der Waals surface area contributed by atoms with Gasteiger partial charge in [0.2, 0.25) is 5.75 Å². The number of phenolic OH excluding ortho intramolecular Hbond substituents is 4. The zero-order valence-corrected chi connectivity index (χ0v) is 24.3. The first-order valence-corrected chi connectivity index (χ1v) is 14.7. The molecule has 2 atom stereocenters. The highest BCUT2D eigenvalue weighted by atomic mass is 16.5. The highest BCUT2D eigenvalue weighted by Crippen LogP contribution is 2.55. The van der Waals surface area contributed by atoms with Crippen molar-refractivity contribution in [2.75, 3.05) is 6.61 Å². The van der Waals surface area contributed by atoms with E-state index in [0.29, 0.717) is 16.7 Å². The number of fused-ring (bicyclic) bond motifs is 13. The van der Waals surface area contributed by atoms with Crippen LogP contribution >= 0.6 is 0 Å². The fourth-order valence-corrected chi connectivity index (χ4v) is 6.47. The summed E-state index contributed by atoms with van der Waals surface area (Å²) in [6, 6.07) is 22.1. The number of hydrogen-bond donors (Lipinski definition) is 7. The second kappa shape index (κ2) is 10.3. The zero-order valence-electron chi connectivity index (χ0n) is 24.3. The van der Waals surface area contributed by atoms with Gasteiger partial charge in [-0.3, -0.25) is 0 Å². The van der Waals surface area contributed by atoms with E-state index in [1.54, 1.807) is 6.07 Å². The molecule has 0 amide bonds. The van der Waals surface area contributed by atoms with Crippen LogP contribution in [0.2, 0.25) is 0 Å². The van der Waals surface area contributed by atoms with Gasteiger partial charge in [-0.1, -0.05) is 6.07 Å². The number of benzene rings is 2. The number of aromatic amines is 2. The number of nitrogens with one attached hydrogen (secondary N) is 2. The van der Waals surface area contributed by atoms with Crippen LogP contribution in [0.15, 0.2) is 72.8 Å². The van der Waals surface area contributed by atoms with E-state index in [2.05, 4.69) is 44.2 Å². The van der Waals surface area contributed by atoms with Gasteiger partial charge in [0, 0.05) is 40.0 Å². The SMILES string of the molecule is C1=Cc2cc3ccc(cc4nc(cc5ccc(cc1n2)[nH]5)C=C4)[nH]3.Oc1cc2c(cc1O)[C@H]1c3ccc(O)c(O)c3OC[C@@]1(O)C2. The molecule has 6 heterocycles. The van der Waals surface area contributed by atoms with Crippen molar-refractivity contribution in [3.63, 3.8) is 0 Å². The van der Waals surface area contributed by atoms with Crippen molar-refractivity contribution >= 4 is 46.4 Å². The summed E-state index contributed by atoms with van der Waals surface area (Å²) in [5.74, 6) is -1.54. The van der Waals surface area contributed by atoms with E-state index < -0.39 is 11.5 Å². The van der Waals surface area contributed by atoms with Gasteiger partial charge in [-0.05, 0) is 102 Å². The molecule has 10 nitrogen and oxygen atoms in total. The van der Waals surface area contributed by atoms with E-state index in [4.69, 9.17) is 4.74 Å². The number of aliphatic hydroxyl groups is 1. The molecule has 1 aliphatic carbocycles. The van der Waals surface area contributed by atoms with Crippen LogP contribution in [0.5, 0.6) is 28.7 Å². The second-order valence-electron chi connectivity index (χ2n) is 11.8. The van der Waals surface area contributed by atoms with Crippen LogP contribution < -0.4 is 4.74 Å². The molecule has 46 heavy (non-hydrogen) atoms. The minimum atomic E-state index is -1.22. The van der Waals surface area contributed by atoms with Crippen LogP contribution in [-0.2, 0) is 6.42 Å². The van der Waals surface area contributed by atoms with Gasteiger partial charge < -0.3 is 40.2 Å². The first kappa shape index (κ1) is 27.5. The molecule has 2 aromatic carbocycles. The van der Waals surface area contributed by atoms with Crippen LogP contribution in [-0.4, -0.2) is 57.7 Å². The van der Waals surface area contributed by atoms with Gasteiger partial charge in [0.25, 0.3) is 0 Å². The molecule has 0 spiro atoms. The van der Waals surface area contributed by atoms with Gasteiger partial charge in [0.05, 0.1) is 22.8 Å². The Bertz CT molecular complexity index is 2110. The van der Waals surface area contributed by atoms with E-state index in [-0.39, 0.29) is 41.8 Å². The molecular formula is C36H28N4O6. The number of aromatic nitrogens is 4. The summed E-state index contributed by atoms with van der Waals surface area (Å²) in [5, 5.41) is 49.8. The highest BCUT2D eigenvalue weighted by molar-refractivity contribution is 5.77. The van der Waals surface area contributed by atoms with Gasteiger partial charge in [-0.25, -0.2) is 9.97 Å². The third kappa shape index (κ3) is 4.81. The largest absolute Gasteiger partial charge is 0.504 e. The Balaban J connectivity index is 0.000000136. The molecule has 8 bridgehead atoms. The Labute approximate surface area is 261 Å². The van der Waals surface area contributed by atoms with Crippen LogP contribution in [0.3, 0.4) is 0 Å². The van der Waals surface area contributed by atoms with Crippen molar-refractivity contribution in [2.45, 2.75) is 17.9 Å². The Morgan fingerprint density at radius 3 is 1.63 bits per heavy atom. The predicted octanol–water partition coefficient (Wildman–Crippen LogP) is 5.98. The normalized spacial score (nSPS) is 18.6. The monoisotopic (exact) mass is 612 g/mol. The van der Waals surface area contributed by atoms with E-state index in [0.717, 1.165) is 44.8 Å². The average molecular weight is 613 g/mol. The minimum Gasteiger partial charge on any atom is -0.504 e. The lowest BCUT2D eigenvalue weighted by molar-refractivity contribution is -0.0228. The summed E-state index contributed by atoms with van der Waals surface area (Å²) in [4.78, 5) is 16.0. The van der Waals surface area contributed by atoms with E-state index in [1.807, 2.05) is 48.6 Å². The molecule has 0 saturated carbocycles. The van der Waals surface area contributed by atoms with Gasteiger partial charge >= 0.3 is 0 Å². The van der Waals surface area contributed by atoms with Crippen molar-refractivity contribution in [3.05, 3.63) is 112 Å². The lowest BCUT2D eigenvalue weighted by atomic mass is 9.80. The number of aromatic hydroxyl groups is 4. The maximum absolute atomic E-state index is 10.9. The fraction of sp³-hybridized carbons (Fsp3) is 0.111. The quantitative estimate of drug-likeness (QED) is 0.103. The number of phenols is 4. The van der Waals surface area contributed by atoms with Crippen LogP contribution in [0.1, 0.15) is 45.4 Å². The second-order valence-corrected chi connectivity index (χ2v) is 11.8. The topological polar surface area (TPSA) is 168 Å². The van der Waals surface area contributed by atoms with Gasteiger partial charge in [-0.2, -0.15) is 0 Å². The Kier molecular flexibility index (Phi) is 6.16. The van der Waals surface area contributed by atoms with E-state index >= 15 is 0 Å². The fourth-order valence-electron chi connectivity index (χ4n) is 6.47. The smallest absolute Gasteiger partial charge is 0.200 e. The molecule has 3 aliphatic heterocycles. The Hall–Kier alpha value is -6.00. The van der Waals surface area contributed by atoms with Crippen LogP contribution in [0.4, 0.5) is 0 Å². The molecule has 10 heteroatoms. The third-order valence-electron chi connectivity index (χ3n) is 8.54. The molecule has 0 saturated heterocycles.